The normalized spacial score (nSPS) is 11.6. The average molecular weight is 321 g/mol. The molecule has 0 bridgehead atoms. The maximum atomic E-state index is 12.1. The van der Waals surface area contributed by atoms with Crippen LogP contribution in [0.4, 0.5) is 0 Å². The standard InChI is InChI=1S/C10H7BrClNO2S/c11-9-6-13(7-10(9)12)16(14,15)8-4-2-1-3-5-8/h1-7H. The first-order chi connectivity index (χ1) is 7.51. The minimum absolute atomic E-state index is 0.231. The van der Waals surface area contributed by atoms with Gasteiger partial charge in [0.1, 0.15) is 0 Å². The zero-order valence-electron chi connectivity index (χ0n) is 7.97. The molecule has 1 heterocycles. The summed E-state index contributed by atoms with van der Waals surface area (Å²) in [5.74, 6) is 0. The van der Waals surface area contributed by atoms with Crippen molar-refractivity contribution in [2.24, 2.45) is 0 Å². The third-order valence-corrected chi connectivity index (χ3v) is 4.82. The van der Waals surface area contributed by atoms with E-state index >= 15 is 0 Å². The van der Waals surface area contributed by atoms with E-state index in [1.165, 1.54) is 24.5 Å². The number of hydrogen-bond acceptors (Lipinski definition) is 2. The molecule has 6 heteroatoms. The first kappa shape index (κ1) is 11.7. The van der Waals surface area contributed by atoms with Gasteiger partial charge in [-0.15, -0.1) is 0 Å². The summed E-state index contributed by atoms with van der Waals surface area (Å²) in [6.07, 6.45) is 2.78. The molecule has 0 spiro atoms. The van der Waals surface area contributed by atoms with Crippen LogP contribution in [0.5, 0.6) is 0 Å². The smallest absolute Gasteiger partial charge is 0.246 e. The van der Waals surface area contributed by atoms with Crippen molar-refractivity contribution in [3.63, 3.8) is 0 Å². The molecule has 0 aliphatic carbocycles. The Labute approximate surface area is 107 Å². The molecule has 0 atom stereocenters. The Hall–Kier alpha value is -0.780. The summed E-state index contributed by atoms with van der Waals surface area (Å²) >= 11 is 8.95. The van der Waals surface area contributed by atoms with Gasteiger partial charge in [0.2, 0.25) is 0 Å². The summed E-state index contributed by atoms with van der Waals surface area (Å²) in [5.41, 5.74) is 0. The Bertz CT molecular complexity index is 588. The number of benzene rings is 1. The van der Waals surface area contributed by atoms with E-state index in [0.29, 0.717) is 9.50 Å². The van der Waals surface area contributed by atoms with Crippen molar-refractivity contribution >= 4 is 37.6 Å². The lowest BCUT2D eigenvalue weighted by Gasteiger charge is -2.04. The highest BCUT2D eigenvalue weighted by molar-refractivity contribution is 9.10. The molecule has 1 aromatic heterocycles. The van der Waals surface area contributed by atoms with Gasteiger partial charge in [0.05, 0.1) is 14.4 Å². The van der Waals surface area contributed by atoms with Gasteiger partial charge in [-0.1, -0.05) is 29.8 Å². The van der Waals surface area contributed by atoms with Crippen LogP contribution in [-0.4, -0.2) is 12.4 Å². The van der Waals surface area contributed by atoms with Crippen molar-refractivity contribution in [2.45, 2.75) is 4.90 Å². The van der Waals surface area contributed by atoms with Crippen LogP contribution in [0.15, 0.2) is 52.1 Å². The summed E-state index contributed by atoms with van der Waals surface area (Å²) in [7, 11) is -3.54. The van der Waals surface area contributed by atoms with Crippen LogP contribution in [0.1, 0.15) is 0 Å². The molecule has 84 valence electrons. The highest BCUT2D eigenvalue weighted by Crippen LogP contribution is 2.25. The molecule has 0 unspecified atom stereocenters. The van der Waals surface area contributed by atoms with Gasteiger partial charge in [-0.2, -0.15) is 0 Å². The van der Waals surface area contributed by atoms with Crippen LogP contribution >= 0.6 is 27.5 Å². The molecule has 0 radical (unpaired) electrons. The predicted molar refractivity (Wildman–Crippen MR) is 66.2 cm³/mol. The quantitative estimate of drug-likeness (QED) is 0.852. The molecule has 3 nitrogen and oxygen atoms in total. The fourth-order valence-corrected chi connectivity index (χ4v) is 3.14. The van der Waals surface area contributed by atoms with E-state index in [4.69, 9.17) is 11.6 Å². The second-order valence-corrected chi connectivity index (χ2v) is 6.21. The first-order valence-corrected chi connectivity index (χ1v) is 6.96. The summed E-state index contributed by atoms with van der Waals surface area (Å²) in [6, 6.07) is 8.19. The van der Waals surface area contributed by atoms with Crippen LogP contribution in [0.3, 0.4) is 0 Å². The minimum atomic E-state index is -3.54. The maximum absolute atomic E-state index is 12.1. The lowest BCUT2D eigenvalue weighted by atomic mass is 10.4. The Morgan fingerprint density at radius 1 is 1.12 bits per heavy atom. The summed E-state index contributed by atoms with van der Waals surface area (Å²) < 4.78 is 25.8. The zero-order valence-corrected chi connectivity index (χ0v) is 11.1. The lowest BCUT2D eigenvalue weighted by Crippen LogP contribution is -2.10. The van der Waals surface area contributed by atoms with Gasteiger partial charge in [0, 0.05) is 12.4 Å². The van der Waals surface area contributed by atoms with Crippen LogP contribution in [0.25, 0.3) is 0 Å². The van der Waals surface area contributed by atoms with E-state index in [9.17, 15) is 8.42 Å². The number of aromatic nitrogens is 1. The molecule has 0 saturated carbocycles. The molecule has 0 amide bonds. The molecule has 16 heavy (non-hydrogen) atoms. The van der Waals surface area contributed by atoms with Gasteiger partial charge in [-0.05, 0) is 28.1 Å². The first-order valence-electron chi connectivity index (χ1n) is 4.35. The molecular formula is C10H7BrClNO2S. The molecule has 0 saturated heterocycles. The Kier molecular flexibility index (Phi) is 3.10. The SMILES string of the molecule is O=S(=O)(c1ccccc1)n1cc(Cl)c(Br)c1. The van der Waals surface area contributed by atoms with Gasteiger partial charge in [-0.25, -0.2) is 12.4 Å². The largest absolute Gasteiger partial charge is 0.267 e. The van der Waals surface area contributed by atoms with Gasteiger partial charge < -0.3 is 0 Å². The number of rotatable bonds is 2. The van der Waals surface area contributed by atoms with E-state index in [1.54, 1.807) is 18.2 Å². The Balaban J connectivity index is 2.56. The molecule has 2 rings (SSSR count). The molecule has 0 fully saturated rings. The van der Waals surface area contributed by atoms with Gasteiger partial charge in [-0.3, -0.25) is 0 Å². The second-order valence-electron chi connectivity index (χ2n) is 3.10. The topological polar surface area (TPSA) is 39.1 Å². The van der Waals surface area contributed by atoms with Crippen LogP contribution in [-0.2, 0) is 10.0 Å². The van der Waals surface area contributed by atoms with E-state index in [2.05, 4.69) is 15.9 Å². The van der Waals surface area contributed by atoms with Gasteiger partial charge in [0.15, 0.2) is 0 Å². The Morgan fingerprint density at radius 2 is 1.75 bits per heavy atom. The maximum Gasteiger partial charge on any atom is 0.267 e. The van der Waals surface area contributed by atoms with Gasteiger partial charge in [0.25, 0.3) is 10.0 Å². The third-order valence-electron chi connectivity index (χ3n) is 2.03. The molecule has 0 aliphatic heterocycles. The van der Waals surface area contributed by atoms with E-state index in [0.717, 1.165) is 3.97 Å². The number of halogens is 2. The highest BCUT2D eigenvalue weighted by atomic mass is 79.9. The summed E-state index contributed by atoms with van der Waals surface area (Å²) in [4.78, 5) is 0.231. The highest BCUT2D eigenvalue weighted by Gasteiger charge is 2.17. The zero-order chi connectivity index (χ0) is 11.8. The van der Waals surface area contributed by atoms with Gasteiger partial charge >= 0.3 is 0 Å². The molecule has 0 N–H and O–H groups in total. The van der Waals surface area contributed by atoms with Crippen LogP contribution in [0.2, 0.25) is 5.02 Å². The van der Waals surface area contributed by atoms with Crippen molar-refractivity contribution in [1.29, 1.82) is 0 Å². The fourth-order valence-electron chi connectivity index (χ4n) is 1.24. The van der Waals surface area contributed by atoms with E-state index in [1.807, 2.05) is 0 Å². The predicted octanol–water partition coefficient (Wildman–Crippen LogP) is 3.14. The van der Waals surface area contributed by atoms with Crippen molar-refractivity contribution in [3.8, 4) is 0 Å². The summed E-state index contributed by atoms with van der Waals surface area (Å²) in [5, 5.41) is 0.361. The number of nitrogens with zero attached hydrogens (tertiary/aromatic N) is 1. The lowest BCUT2D eigenvalue weighted by molar-refractivity contribution is 0.587. The molecule has 1 aromatic carbocycles. The van der Waals surface area contributed by atoms with Crippen molar-refractivity contribution < 1.29 is 8.42 Å². The monoisotopic (exact) mass is 319 g/mol. The average Bonchev–Trinajstić information content (AvgIpc) is 2.61. The second kappa shape index (κ2) is 4.24. The summed E-state index contributed by atoms with van der Waals surface area (Å²) in [6.45, 7) is 0. The Morgan fingerprint density at radius 3 is 2.25 bits per heavy atom. The minimum Gasteiger partial charge on any atom is -0.246 e. The van der Waals surface area contributed by atoms with E-state index < -0.39 is 10.0 Å². The van der Waals surface area contributed by atoms with Crippen molar-refractivity contribution in [3.05, 3.63) is 52.2 Å². The third kappa shape index (κ3) is 2.03. The van der Waals surface area contributed by atoms with E-state index in [-0.39, 0.29) is 4.90 Å². The molecular weight excluding hydrogens is 314 g/mol. The molecule has 2 aromatic rings. The molecule has 0 aliphatic rings. The number of hydrogen-bond donors (Lipinski definition) is 0. The van der Waals surface area contributed by atoms with Crippen molar-refractivity contribution in [2.75, 3.05) is 0 Å². The van der Waals surface area contributed by atoms with Crippen molar-refractivity contribution in [1.82, 2.24) is 3.97 Å². The fraction of sp³-hybridized carbons (Fsp3) is 0. The van der Waals surface area contributed by atoms with Crippen LogP contribution in [0, 0.1) is 0 Å². The van der Waals surface area contributed by atoms with Crippen LogP contribution < -0.4 is 0 Å².